The summed E-state index contributed by atoms with van der Waals surface area (Å²) in [6.45, 7) is 0. The van der Waals surface area contributed by atoms with Crippen molar-refractivity contribution >= 4 is 22.9 Å². The van der Waals surface area contributed by atoms with Crippen LogP contribution in [0.25, 0.3) is 10.9 Å². The van der Waals surface area contributed by atoms with Crippen LogP contribution in [0, 0.1) is 0 Å². The van der Waals surface area contributed by atoms with Crippen molar-refractivity contribution in [2.45, 2.75) is 4.90 Å². The van der Waals surface area contributed by atoms with Crippen molar-refractivity contribution in [3.05, 3.63) is 39.0 Å². The van der Waals surface area contributed by atoms with Gasteiger partial charge < -0.3 is 4.98 Å². The Morgan fingerprint density at radius 3 is 2.80 bits per heavy atom. The van der Waals surface area contributed by atoms with E-state index in [9.17, 15) is 9.59 Å². The van der Waals surface area contributed by atoms with Crippen molar-refractivity contribution in [2.75, 3.05) is 7.05 Å². The molecule has 0 saturated carbocycles. The Balaban J connectivity index is 2.71. The lowest BCUT2D eigenvalue weighted by molar-refractivity contribution is 1.08. The molecule has 0 aliphatic heterocycles. The molecule has 6 heteroatoms. The summed E-state index contributed by atoms with van der Waals surface area (Å²) in [5.41, 5.74) is -0.308. The molecule has 0 unspecified atom stereocenters. The third-order valence-electron chi connectivity index (χ3n) is 1.93. The van der Waals surface area contributed by atoms with Gasteiger partial charge in [0.2, 0.25) is 0 Å². The summed E-state index contributed by atoms with van der Waals surface area (Å²) in [6.07, 6.45) is 0. The highest BCUT2D eigenvalue weighted by Crippen LogP contribution is 2.17. The molecule has 0 aliphatic rings. The molecule has 0 spiro atoms. The summed E-state index contributed by atoms with van der Waals surface area (Å²) in [7, 11) is 1.80. The fraction of sp³-hybridized carbons (Fsp3) is 0.111. The topological polar surface area (TPSA) is 77.8 Å². The average molecular weight is 223 g/mol. The van der Waals surface area contributed by atoms with E-state index in [0.29, 0.717) is 10.9 Å². The second kappa shape index (κ2) is 3.92. The highest BCUT2D eigenvalue weighted by atomic mass is 32.2. The van der Waals surface area contributed by atoms with E-state index < -0.39 is 5.69 Å². The average Bonchev–Trinajstić information content (AvgIpc) is 2.17. The van der Waals surface area contributed by atoms with E-state index in [2.05, 4.69) is 14.7 Å². The first-order valence-corrected chi connectivity index (χ1v) is 5.12. The van der Waals surface area contributed by atoms with Crippen LogP contribution in [0.5, 0.6) is 0 Å². The van der Waals surface area contributed by atoms with Crippen LogP contribution in [0.4, 0.5) is 0 Å². The largest absolute Gasteiger partial charge is 0.326 e. The van der Waals surface area contributed by atoms with E-state index in [4.69, 9.17) is 0 Å². The van der Waals surface area contributed by atoms with Crippen LogP contribution in [0.3, 0.4) is 0 Å². The minimum atomic E-state index is -0.487. The van der Waals surface area contributed by atoms with Gasteiger partial charge in [-0.1, -0.05) is 0 Å². The maximum absolute atomic E-state index is 11.4. The molecule has 0 amide bonds. The predicted octanol–water partition coefficient (Wildman–Crippen LogP) is 0.443. The number of fused-ring (bicyclic) bond motifs is 1. The molecule has 15 heavy (non-hydrogen) atoms. The number of benzene rings is 1. The normalized spacial score (nSPS) is 10.7. The van der Waals surface area contributed by atoms with Crippen molar-refractivity contribution in [1.82, 2.24) is 14.7 Å². The molecular formula is C9H9N3O2S. The molecule has 0 fully saturated rings. The van der Waals surface area contributed by atoms with E-state index in [0.717, 1.165) is 4.90 Å². The summed E-state index contributed by atoms with van der Waals surface area (Å²) in [5.74, 6) is 0. The Morgan fingerprint density at radius 1 is 1.27 bits per heavy atom. The van der Waals surface area contributed by atoms with Crippen LogP contribution in [-0.2, 0) is 0 Å². The van der Waals surface area contributed by atoms with Crippen LogP contribution in [0.15, 0.2) is 32.7 Å². The Hall–Kier alpha value is -1.53. The first-order chi connectivity index (χ1) is 7.20. The first kappa shape index (κ1) is 10.0. The Bertz CT molecular complexity index is 602. The molecule has 1 heterocycles. The van der Waals surface area contributed by atoms with Crippen LogP contribution < -0.4 is 16.0 Å². The molecule has 0 saturated heterocycles. The van der Waals surface area contributed by atoms with Gasteiger partial charge in [0, 0.05) is 4.90 Å². The molecule has 0 bridgehead atoms. The fourth-order valence-electron chi connectivity index (χ4n) is 1.33. The zero-order chi connectivity index (χ0) is 10.8. The molecule has 0 atom stereocenters. The maximum atomic E-state index is 11.4. The van der Waals surface area contributed by atoms with E-state index in [1.807, 2.05) is 6.07 Å². The molecular weight excluding hydrogens is 214 g/mol. The number of aromatic nitrogens is 2. The summed E-state index contributed by atoms with van der Waals surface area (Å²) in [5, 5.41) is 0.482. The number of hydrogen-bond acceptors (Lipinski definition) is 4. The van der Waals surface area contributed by atoms with Gasteiger partial charge in [-0.25, -0.2) is 4.79 Å². The molecule has 2 rings (SSSR count). The third kappa shape index (κ3) is 1.95. The Labute approximate surface area is 89.0 Å². The maximum Gasteiger partial charge on any atom is 0.326 e. The molecule has 2 aromatic rings. The molecule has 78 valence electrons. The van der Waals surface area contributed by atoms with Gasteiger partial charge in [-0.2, -0.15) is 0 Å². The van der Waals surface area contributed by atoms with Gasteiger partial charge in [-0.3, -0.25) is 14.5 Å². The van der Waals surface area contributed by atoms with Gasteiger partial charge in [-0.15, -0.1) is 0 Å². The van der Waals surface area contributed by atoms with Gasteiger partial charge in [-0.05, 0) is 37.2 Å². The molecule has 0 radical (unpaired) electrons. The Kier molecular flexibility index (Phi) is 2.61. The minimum Gasteiger partial charge on any atom is -0.307 e. The third-order valence-corrected chi connectivity index (χ3v) is 2.62. The molecule has 1 aromatic carbocycles. The van der Waals surface area contributed by atoms with Crippen LogP contribution in [0.1, 0.15) is 0 Å². The second-order valence-corrected chi connectivity index (χ2v) is 4.01. The van der Waals surface area contributed by atoms with Crippen LogP contribution in [-0.4, -0.2) is 17.0 Å². The number of aromatic amines is 2. The number of rotatable bonds is 2. The quantitative estimate of drug-likeness (QED) is 0.646. The van der Waals surface area contributed by atoms with Gasteiger partial charge in [0.05, 0.1) is 10.9 Å². The highest BCUT2D eigenvalue weighted by Gasteiger charge is 2.01. The smallest absolute Gasteiger partial charge is 0.307 e. The summed E-state index contributed by atoms with van der Waals surface area (Å²) in [6, 6.07) is 5.26. The van der Waals surface area contributed by atoms with Gasteiger partial charge in [0.25, 0.3) is 5.56 Å². The lowest BCUT2D eigenvalue weighted by Gasteiger charge is -2.00. The van der Waals surface area contributed by atoms with E-state index in [1.165, 1.54) is 11.9 Å². The van der Waals surface area contributed by atoms with Crippen LogP contribution >= 0.6 is 11.9 Å². The van der Waals surface area contributed by atoms with Crippen molar-refractivity contribution in [2.24, 2.45) is 0 Å². The number of H-pyrrole nitrogens is 2. The van der Waals surface area contributed by atoms with E-state index in [-0.39, 0.29) is 5.56 Å². The van der Waals surface area contributed by atoms with E-state index >= 15 is 0 Å². The summed E-state index contributed by atoms with van der Waals surface area (Å²) >= 11 is 1.42. The van der Waals surface area contributed by atoms with Crippen molar-refractivity contribution < 1.29 is 0 Å². The van der Waals surface area contributed by atoms with Gasteiger partial charge in [0.15, 0.2) is 0 Å². The highest BCUT2D eigenvalue weighted by molar-refractivity contribution is 7.97. The van der Waals surface area contributed by atoms with Crippen molar-refractivity contribution in [3.8, 4) is 0 Å². The van der Waals surface area contributed by atoms with E-state index in [1.54, 1.807) is 19.2 Å². The van der Waals surface area contributed by atoms with Gasteiger partial charge >= 0.3 is 5.69 Å². The Morgan fingerprint density at radius 2 is 2.07 bits per heavy atom. The first-order valence-electron chi connectivity index (χ1n) is 4.30. The SMILES string of the molecule is CNSc1ccc2c(=O)[nH]c(=O)[nH]c2c1. The van der Waals surface area contributed by atoms with Gasteiger partial charge in [0.1, 0.15) is 0 Å². The summed E-state index contributed by atoms with van der Waals surface area (Å²) < 4.78 is 2.92. The summed E-state index contributed by atoms with van der Waals surface area (Å²) in [4.78, 5) is 28.1. The number of nitrogens with one attached hydrogen (secondary N) is 3. The zero-order valence-electron chi connectivity index (χ0n) is 7.96. The minimum absolute atomic E-state index is 0.366. The zero-order valence-corrected chi connectivity index (χ0v) is 8.77. The molecule has 5 nitrogen and oxygen atoms in total. The predicted molar refractivity (Wildman–Crippen MR) is 60.1 cm³/mol. The monoisotopic (exact) mass is 223 g/mol. The lowest BCUT2D eigenvalue weighted by atomic mass is 10.2. The molecule has 0 aliphatic carbocycles. The number of hydrogen-bond donors (Lipinski definition) is 3. The van der Waals surface area contributed by atoms with Crippen LogP contribution in [0.2, 0.25) is 0 Å². The standard InChI is InChI=1S/C9H9N3O2S/c1-10-15-5-2-3-6-7(4-5)11-9(14)12-8(6)13/h2-4,10H,1H3,(H2,11,12,13,14). The lowest BCUT2D eigenvalue weighted by Crippen LogP contribution is -2.21. The second-order valence-electron chi connectivity index (χ2n) is 2.92. The van der Waals surface area contributed by atoms with Crippen molar-refractivity contribution in [1.29, 1.82) is 0 Å². The molecule has 1 aromatic heterocycles. The fourth-order valence-corrected chi connectivity index (χ4v) is 1.88. The molecule has 3 N–H and O–H groups in total. The van der Waals surface area contributed by atoms with Crippen molar-refractivity contribution in [3.63, 3.8) is 0 Å².